The highest BCUT2D eigenvalue weighted by molar-refractivity contribution is 9.10. The number of carbonyl (C=O) groups excluding carboxylic acids is 1. The molecule has 0 bridgehead atoms. The van der Waals surface area contributed by atoms with Crippen LogP contribution in [0.3, 0.4) is 0 Å². The number of hydrogen-bond donors (Lipinski definition) is 0. The van der Waals surface area contributed by atoms with E-state index in [9.17, 15) is 18.0 Å². The first kappa shape index (κ1) is 17.2. The van der Waals surface area contributed by atoms with Crippen LogP contribution in [-0.4, -0.2) is 37.0 Å². The highest BCUT2D eigenvalue weighted by Gasteiger charge is 2.26. The van der Waals surface area contributed by atoms with Gasteiger partial charge in [0.1, 0.15) is 0 Å². The number of benzene rings is 1. The zero-order chi connectivity index (χ0) is 15.2. The number of nitrogens with zero attached hydrogens (tertiary/aromatic N) is 1. The molecule has 0 saturated carbocycles. The highest BCUT2D eigenvalue weighted by Crippen LogP contribution is 2.19. The van der Waals surface area contributed by atoms with Gasteiger partial charge in [-0.15, -0.1) is 0 Å². The number of Topliss-reactive ketones (excluding diaryl/α,β-unsaturated/α-hetero) is 1. The molecule has 112 valence electrons. The molecule has 0 heterocycles. The standard InChI is InChI=1S/C14H17BrF3NO/c1-19(10-8-14(16,17)18)9-2-3-13(20)11-4-6-12(15)7-5-11/h4-7H,2-3,8-10H2,1H3. The Hall–Kier alpha value is -0.880. The fourth-order valence-electron chi connectivity index (χ4n) is 1.72. The van der Waals surface area contributed by atoms with Crippen molar-refractivity contribution in [2.75, 3.05) is 20.1 Å². The first-order valence-corrected chi connectivity index (χ1v) is 7.11. The van der Waals surface area contributed by atoms with Crippen molar-refractivity contribution in [3.8, 4) is 0 Å². The van der Waals surface area contributed by atoms with Crippen LogP contribution in [0.5, 0.6) is 0 Å². The minimum absolute atomic E-state index is 0.0155. The molecular weight excluding hydrogens is 335 g/mol. The van der Waals surface area contributed by atoms with Gasteiger partial charge in [0, 0.05) is 23.0 Å². The third-order valence-corrected chi connectivity index (χ3v) is 3.42. The molecule has 1 aromatic rings. The summed E-state index contributed by atoms with van der Waals surface area (Å²) in [7, 11) is 1.63. The summed E-state index contributed by atoms with van der Waals surface area (Å²) in [5.41, 5.74) is 0.631. The number of ketones is 1. The summed E-state index contributed by atoms with van der Waals surface area (Å²) < 4.78 is 37.0. The van der Waals surface area contributed by atoms with Gasteiger partial charge in [-0.3, -0.25) is 4.79 Å². The van der Waals surface area contributed by atoms with Crippen LogP contribution in [0.15, 0.2) is 28.7 Å². The van der Waals surface area contributed by atoms with Crippen molar-refractivity contribution in [1.82, 2.24) is 4.90 Å². The van der Waals surface area contributed by atoms with Crippen LogP contribution in [0.1, 0.15) is 29.6 Å². The average Bonchev–Trinajstić information content (AvgIpc) is 2.36. The van der Waals surface area contributed by atoms with Gasteiger partial charge in [0.15, 0.2) is 5.78 Å². The highest BCUT2D eigenvalue weighted by atomic mass is 79.9. The average molecular weight is 352 g/mol. The Labute approximate surface area is 125 Å². The molecule has 0 radical (unpaired) electrons. The van der Waals surface area contributed by atoms with Crippen LogP contribution in [0.25, 0.3) is 0 Å². The van der Waals surface area contributed by atoms with E-state index in [0.717, 1.165) is 4.47 Å². The lowest BCUT2D eigenvalue weighted by Crippen LogP contribution is -2.25. The molecule has 0 aliphatic rings. The minimum atomic E-state index is -4.12. The van der Waals surface area contributed by atoms with Gasteiger partial charge in [0.25, 0.3) is 0 Å². The van der Waals surface area contributed by atoms with Crippen LogP contribution >= 0.6 is 15.9 Å². The van der Waals surface area contributed by atoms with Gasteiger partial charge in [-0.2, -0.15) is 13.2 Å². The van der Waals surface area contributed by atoms with E-state index in [4.69, 9.17) is 0 Å². The molecule has 1 rings (SSSR count). The molecule has 20 heavy (non-hydrogen) atoms. The van der Waals surface area contributed by atoms with Crippen molar-refractivity contribution >= 4 is 21.7 Å². The van der Waals surface area contributed by atoms with Crippen LogP contribution in [-0.2, 0) is 0 Å². The van der Waals surface area contributed by atoms with Crippen LogP contribution in [0.4, 0.5) is 13.2 Å². The molecule has 0 unspecified atom stereocenters. The normalized spacial score (nSPS) is 11.9. The second-order valence-electron chi connectivity index (χ2n) is 4.70. The minimum Gasteiger partial charge on any atom is -0.306 e. The number of hydrogen-bond acceptors (Lipinski definition) is 2. The third kappa shape index (κ3) is 7.05. The summed E-state index contributed by atoms with van der Waals surface area (Å²) in [5.74, 6) is 0.0155. The van der Waals surface area contributed by atoms with E-state index in [1.165, 1.54) is 0 Å². The number of alkyl halides is 3. The molecule has 1 aromatic carbocycles. The number of halogens is 4. The van der Waals surface area contributed by atoms with Crippen molar-refractivity contribution in [3.63, 3.8) is 0 Å². The molecule has 0 amide bonds. The summed E-state index contributed by atoms with van der Waals surface area (Å²) in [5, 5.41) is 0. The van der Waals surface area contributed by atoms with Crippen LogP contribution < -0.4 is 0 Å². The molecule has 0 fully saturated rings. The van der Waals surface area contributed by atoms with E-state index in [1.54, 1.807) is 36.2 Å². The number of rotatable bonds is 7. The lowest BCUT2D eigenvalue weighted by Gasteiger charge is -2.17. The molecular formula is C14H17BrF3NO. The van der Waals surface area contributed by atoms with Gasteiger partial charge in [-0.25, -0.2) is 0 Å². The fraction of sp³-hybridized carbons (Fsp3) is 0.500. The van der Waals surface area contributed by atoms with Crippen molar-refractivity contribution < 1.29 is 18.0 Å². The van der Waals surface area contributed by atoms with Gasteiger partial charge < -0.3 is 4.90 Å². The SMILES string of the molecule is CN(CCCC(=O)c1ccc(Br)cc1)CCC(F)(F)F. The maximum Gasteiger partial charge on any atom is 0.390 e. The fourth-order valence-corrected chi connectivity index (χ4v) is 1.98. The predicted octanol–water partition coefficient (Wildman–Crippen LogP) is 4.30. The van der Waals surface area contributed by atoms with Crippen molar-refractivity contribution in [1.29, 1.82) is 0 Å². The van der Waals surface area contributed by atoms with Gasteiger partial charge in [-0.05, 0) is 32.1 Å². The summed E-state index contributed by atoms with van der Waals surface area (Å²) in [6.45, 7) is 0.453. The first-order chi connectivity index (χ1) is 9.28. The van der Waals surface area contributed by atoms with Crippen LogP contribution in [0, 0.1) is 0 Å². The van der Waals surface area contributed by atoms with E-state index in [-0.39, 0.29) is 12.3 Å². The van der Waals surface area contributed by atoms with E-state index >= 15 is 0 Å². The van der Waals surface area contributed by atoms with E-state index in [1.807, 2.05) is 0 Å². The quantitative estimate of drug-likeness (QED) is 0.682. The first-order valence-electron chi connectivity index (χ1n) is 6.32. The lowest BCUT2D eigenvalue weighted by atomic mass is 10.1. The Morgan fingerprint density at radius 2 is 1.80 bits per heavy atom. The Balaban J connectivity index is 2.26. The molecule has 6 heteroatoms. The van der Waals surface area contributed by atoms with Gasteiger partial charge in [0.05, 0.1) is 6.42 Å². The Bertz CT molecular complexity index is 431. The molecule has 0 spiro atoms. The summed E-state index contributed by atoms with van der Waals surface area (Å²) in [4.78, 5) is 13.4. The molecule has 0 saturated heterocycles. The monoisotopic (exact) mass is 351 g/mol. The summed E-state index contributed by atoms with van der Waals surface area (Å²) >= 11 is 3.29. The Morgan fingerprint density at radius 1 is 1.20 bits per heavy atom. The van der Waals surface area contributed by atoms with Gasteiger partial charge in [-0.1, -0.05) is 28.1 Å². The zero-order valence-corrected chi connectivity index (χ0v) is 12.8. The predicted molar refractivity (Wildman–Crippen MR) is 75.9 cm³/mol. The summed E-state index contributed by atoms with van der Waals surface area (Å²) in [6.07, 6.45) is -4.03. The van der Waals surface area contributed by atoms with Gasteiger partial charge >= 0.3 is 6.18 Å². The smallest absolute Gasteiger partial charge is 0.306 e. The van der Waals surface area contributed by atoms with Gasteiger partial charge in [0.2, 0.25) is 0 Å². The number of carbonyl (C=O) groups is 1. The zero-order valence-electron chi connectivity index (χ0n) is 11.2. The second-order valence-corrected chi connectivity index (χ2v) is 5.62. The molecule has 0 aliphatic carbocycles. The third-order valence-electron chi connectivity index (χ3n) is 2.89. The molecule has 0 aromatic heterocycles. The molecule has 2 nitrogen and oxygen atoms in total. The maximum absolute atomic E-state index is 12.0. The van der Waals surface area contributed by atoms with E-state index < -0.39 is 12.6 Å². The van der Waals surface area contributed by atoms with E-state index in [2.05, 4.69) is 15.9 Å². The van der Waals surface area contributed by atoms with Crippen molar-refractivity contribution in [3.05, 3.63) is 34.3 Å². The summed E-state index contributed by atoms with van der Waals surface area (Å²) in [6, 6.07) is 7.06. The largest absolute Gasteiger partial charge is 0.390 e. The molecule has 0 aliphatic heterocycles. The molecule has 0 N–H and O–H groups in total. The lowest BCUT2D eigenvalue weighted by molar-refractivity contribution is -0.137. The topological polar surface area (TPSA) is 20.3 Å². The van der Waals surface area contributed by atoms with E-state index in [0.29, 0.717) is 24.9 Å². The Kier molecular flexibility index (Phi) is 6.68. The Morgan fingerprint density at radius 3 is 2.35 bits per heavy atom. The van der Waals surface area contributed by atoms with Crippen molar-refractivity contribution in [2.24, 2.45) is 0 Å². The van der Waals surface area contributed by atoms with Crippen molar-refractivity contribution in [2.45, 2.75) is 25.4 Å². The molecule has 0 atom stereocenters. The maximum atomic E-state index is 12.0. The van der Waals surface area contributed by atoms with Crippen LogP contribution in [0.2, 0.25) is 0 Å². The second kappa shape index (κ2) is 7.78.